The number of halogens is 3. The smallest absolute Gasteiger partial charge is 0.405 e. The van der Waals surface area contributed by atoms with Crippen molar-refractivity contribution in [1.82, 2.24) is 10.6 Å². The summed E-state index contributed by atoms with van der Waals surface area (Å²) in [6.07, 6.45) is -2.29. The summed E-state index contributed by atoms with van der Waals surface area (Å²) < 4.78 is 50.7. The Bertz CT molecular complexity index is 721. The molecule has 1 aromatic carbocycles. The average Bonchev–Trinajstić information content (AvgIpc) is 2.63. The molecule has 8 nitrogen and oxygen atoms in total. The molecule has 0 spiro atoms. The summed E-state index contributed by atoms with van der Waals surface area (Å²) in [4.78, 5) is 34.0. The van der Waals surface area contributed by atoms with E-state index in [4.69, 9.17) is 9.47 Å². The molecule has 154 valence electrons. The number of urea groups is 1. The minimum absolute atomic E-state index is 0.267. The lowest BCUT2D eigenvalue weighted by atomic mass is 10.1. The molecule has 0 radical (unpaired) electrons. The van der Waals surface area contributed by atoms with Crippen molar-refractivity contribution in [3.63, 3.8) is 0 Å². The van der Waals surface area contributed by atoms with Crippen molar-refractivity contribution in [2.75, 3.05) is 26.9 Å². The van der Waals surface area contributed by atoms with E-state index >= 15 is 0 Å². The number of rotatable bonds is 9. The number of hydrogen-bond donors (Lipinski definition) is 2. The van der Waals surface area contributed by atoms with Crippen molar-refractivity contribution in [2.24, 2.45) is 0 Å². The number of imide groups is 1. The number of carbonyl (C=O) groups is 3. The molecule has 0 heterocycles. The lowest BCUT2D eigenvalue weighted by molar-refractivity contribution is -0.150. The minimum atomic E-state index is -4.62. The summed E-state index contributed by atoms with van der Waals surface area (Å²) in [5.74, 6) is -1.38. The van der Waals surface area contributed by atoms with E-state index in [2.05, 4.69) is 11.3 Å². The third-order valence-corrected chi connectivity index (χ3v) is 3.02. The highest BCUT2D eigenvalue weighted by atomic mass is 19.4. The molecule has 0 atom stereocenters. The number of esters is 1. The maximum absolute atomic E-state index is 11.9. The first-order valence-electron chi connectivity index (χ1n) is 7.85. The monoisotopic (exact) mass is 404 g/mol. The number of benzene rings is 1. The summed E-state index contributed by atoms with van der Waals surface area (Å²) in [5.41, 5.74) is 0.919. The van der Waals surface area contributed by atoms with Gasteiger partial charge in [0.2, 0.25) is 0 Å². The van der Waals surface area contributed by atoms with Gasteiger partial charge in [-0.2, -0.15) is 13.2 Å². The van der Waals surface area contributed by atoms with Gasteiger partial charge in [-0.05, 0) is 24.1 Å². The molecule has 0 saturated carbocycles. The molecule has 1 aromatic rings. The van der Waals surface area contributed by atoms with Crippen LogP contribution in [0.3, 0.4) is 0 Å². The van der Waals surface area contributed by atoms with E-state index < -0.39 is 43.8 Å². The molecule has 0 unspecified atom stereocenters. The zero-order chi connectivity index (χ0) is 21.2. The summed E-state index contributed by atoms with van der Waals surface area (Å²) in [5, 5.41) is 3.02. The Hall–Kier alpha value is -3.24. The fourth-order valence-electron chi connectivity index (χ4n) is 1.84. The fraction of sp³-hybridized carbons (Fsp3) is 0.353. The molecular weight excluding hydrogens is 385 g/mol. The van der Waals surface area contributed by atoms with E-state index in [1.165, 1.54) is 12.4 Å². The van der Waals surface area contributed by atoms with Crippen LogP contribution in [0.15, 0.2) is 30.9 Å². The second-order valence-corrected chi connectivity index (χ2v) is 5.27. The predicted molar refractivity (Wildman–Crippen MR) is 90.9 cm³/mol. The quantitative estimate of drug-likeness (QED) is 0.480. The number of allylic oxidation sites excluding steroid dienone is 1. The van der Waals surface area contributed by atoms with Crippen molar-refractivity contribution in [3.8, 4) is 11.5 Å². The molecule has 3 amide bonds. The third-order valence-electron chi connectivity index (χ3n) is 3.02. The number of methoxy groups -OCH3 is 1. The van der Waals surface area contributed by atoms with Gasteiger partial charge in [0.1, 0.15) is 6.54 Å². The Labute approximate surface area is 158 Å². The van der Waals surface area contributed by atoms with Crippen LogP contribution in [0.25, 0.3) is 0 Å². The zero-order valence-corrected chi connectivity index (χ0v) is 14.9. The molecule has 0 saturated heterocycles. The van der Waals surface area contributed by atoms with Crippen molar-refractivity contribution in [2.45, 2.75) is 12.6 Å². The number of nitrogens with one attached hydrogen (secondary N) is 2. The fourth-order valence-corrected chi connectivity index (χ4v) is 1.84. The summed E-state index contributed by atoms with van der Waals surface area (Å²) >= 11 is 0. The molecule has 0 fully saturated rings. The Morgan fingerprint density at radius 3 is 2.50 bits per heavy atom. The van der Waals surface area contributed by atoms with Gasteiger partial charge in [0.25, 0.3) is 5.91 Å². The van der Waals surface area contributed by atoms with Crippen molar-refractivity contribution < 1.29 is 41.8 Å². The zero-order valence-electron chi connectivity index (χ0n) is 14.9. The third kappa shape index (κ3) is 8.92. The molecule has 2 N–H and O–H groups in total. The van der Waals surface area contributed by atoms with Gasteiger partial charge < -0.3 is 19.5 Å². The Kier molecular flexibility index (Phi) is 8.79. The number of hydrogen-bond acceptors (Lipinski definition) is 6. The Balaban J connectivity index is 2.39. The lowest BCUT2D eigenvalue weighted by Gasteiger charge is -2.12. The second-order valence-electron chi connectivity index (χ2n) is 5.27. The van der Waals surface area contributed by atoms with Crippen LogP contribution in [-0.4, -0.2) is 51.0 Å². The second kappa shape index (κ2) is 10.8. The first-order valence-corrected chi connectivity index (χ1v) is 7.85. The summed E-state index contributed by atoms with van der Waals surface area (Å²) in [6, 6.07) is 3.68. The van der Waals surface area contributed by atoms with Crippen LogP contribution in [0.2, 0.25) is 0 Å². The predicted octanol–water partition coefficient (Wildman–Crippen LogP) is 1.73. The molecule has 28 heavy (non-hydrogen) atoms. The number of carbonyl (C=O) groups excluding carboxylic acids is 3. The van der Waals surface area contributed by atoms with Crippen LogP contribution in [0, 0.1) is 0 Å². The summed E-state index contributed by atoms with van der Waals surface area (Å²) in [6.45, 7) is 0.607. The minimum Gasteiger partial charge on any atom is -0.493 e. The van der Waals surface area contributed by atoms with Crippen molar-refractivity contribution in [3.05, 3.63) is 36.4 Å². The van der Waals surface area contributed by atoms with E-state index in [9.17, 15) is 27.6 Å². The van der Waals surface area contributed by atoms with Crippen LogP contribution in [0.1, 0.15) is 5.56 Å². The van der Waals surface area contributed by atoms with Gasteiger partial charge in [0.15, 0.2) is 24.7 Å². The van der Waals surface area contributed by atoms with Gasteiger partial charge >= 0.3 is 18.2 Å². The normalized spacial score (nSPS) is 10.6. The number of amides is 3. The topological polar surface area (TPSA) is 103 Å². The molecule has 0 aromatic heterocycles. The maximum atomic E-state index is 11.9. The largest absolute Gasteiger partial charge is 0.493 e. The highest BCUT2D eigenvalue weighted by Crippen LogP contribution is 2.28. The van der Waals surface area contributed by atoms with Gasteiger partial charge in [-0.15, -0.1) is 6.58 Å². The van der Waals surface area contributed by atoms with Gasteiger partial charge in [-0.1, -0.05) is 12.1 Å². The van der Waals surface area contributed by atoms with E-state index in [0.717, 1.165) is 5.56 Å². The van der Waals surface area contributed by atoms with Crippen molar-refractivity contribution in [1.29, 1.82) is 0 Å². The molecule has 0 aliphatic carbocycles. The van der Waals surface area contributed by atoms with Crippen LogP contribution >= 0.6 is 0 Å². The summed E-state index contributed by atoms with van der Waals surface area (Å²) in [7, 11) is 1.42. The number of ether oxygens (including phenoxy) is 3. The van der Waals surface area contributed by atoms with Gasteiger partial charge in [0.05, 0.1) is 7.11 Å². The van der Waals surface area contributed by atoms with Gasteiger partial charge in [0, 0.05) is 0 Å². The molecule has 0 aliphatic rings. The first-order chi connectivity index (χ1) is 13.1. The van der Waals surface area contributed by atoms with Crippen molar-refractivity contribution >= 4 is 17.9 Å². The maximum Gasteiger partial charge on any atom is 0.405 e. The SMILES string of the molecule is C=CCc1ccc(OCC(=O)OCC(=O)NC(=O)NCC(F)(F)F)c(OC)c1. The molecule has 11 heteroatoms. The van der Waals surface area contributed by atoms with Gasteiger partial charge in [-0.3, -0.25) is 10.1 Å². The Morgan fingerprint density at radius 1 is 1.18 bits per heavy atom. The van der Waals surface area contributed by atoms with Crippen LogP contribution in [0.5, 0.6) is 11.5 Å². The molecular formula is C17H19F3N2O6. The Morgan fingerprint density at radius 2 is 1.89 bits per heavy atom. The van der Waals surface area contributed by atoms with Crippen LogP contribution < -0.4 is 20.1 Å². The highest BCUT2D eigenvalue weighted by molar-refractivity contribution is 5.95. The molecule has 0 bridgehead atoms. The van der Waals surface area contributed by atoms with E-state index in [0.29, 0.717) is 12.2 Å². The highest BCUT2D eigenvalue weighted by Gasteiger charge is 2.28. The molecule has 0 aliphatic heterocycles. The first kappa shape index (κ1) is 22.8. The van der Waals surface area contributed by atoms with Crippen LogP contribution in [-0.2, 0) is 20.7 Å². The van der Waals surface area contributed by atoms with Gasteiger partial charge in [-0.25, -0.2) is 9.59 Å². The average molecular weight is 404 g/mol. The lowest BCUT2D eigenvalue weighted by Crippen LogP contribution is -2.44. The molecule has 1 rings (SSSR count). The van der Waals surface area contributed by atoms with E-state index in [1.54, 1.807) is 29.6 Å². The number of alkyl halides is 3. The van der Waals surface area contributed by atoms with E-state index in [1.807, 2.05) is 0 Å². The standard InChI is InChI=1S/C17H19F3N2O6/c1-3-4-11-5-6-12(13(7-11)26-2)27-9-15(24)28-8-14(23)22-16(25)21-10-17(18,19)20/h3,5-7H,1,4,8-10H2,2H3,(H2,21,22,23,25). The van der Waals surface area contributed by atoms with E-state index in [-0.39, 0.29) is 5.75 Å². The van der Waals surface area contributed by atoms with Crippen LogP contribution in [0.4, 0.5) is 18.0 Å².